The average Bonchev–Trinajstić information content (AvgIpc) is 2.73. The molecular formula is C24H29N3O2. The lowest BCUT2D eigenvalue weighted by Crippen LogP contribution is -2.26. The number of benzene rings is 2. The van der Waals surface area contributed by atoms with Gasteiger partial charge in [-0.3, -0.25) is 4.79 Å². The molecule has 0 spiro atoms. The molecule has 1 N–H and O–H groups in total. The number of pyridine rings is 1. The van der Waals surface area contributed by atoms with Crippen molar-refractivity contribution in [2.75, 3.05) is 38.1 Å². The zero-order valence-corrected chi connectivity index (χ0v) is 17.4. The fraction of sp³-hybridized carbons (Fsp3) is 0.333. The van der Waals surface area contributed by atoms with Crippen LogP contribution in [-0.4, -0.2) is 54.2 Å². The van der Waals surface area contributed by atoms with Crippen LogP contribution in [0.15, 0.2) is 54.6 Å². The van der Waals surface area contributed by atoms with E-state index < -0.39 is 5.97 Å². The molecule has 0 fully saturated rings. The summed E-state index contributed by atoms with van der Waals surface area (Å²) in [7, 11) is 1.76. The van der Waals surface area contributed by atoms with Gasteiger partial charge < -0.3 is 14.9 Å². The van der Waals surface area contributed by atoms with Crippen LogP contribution in [0.5, 0.6) is 0 Å². The van der Waals surface area contributed by atoms with Gasteiger partial charge in [0, 0.05) is 19.0 Å². The molecule has 0 aliphatic heterocycles. The smallest absolute Gasteiger partial charge is 0.323 e. The van der Waals surface area contributed by atoms with Crippen LogP contribution in [-0.2, 0) is 11.2 Å². The number of carboxylic acids is 1. The van der Waals surface area contributed by atoms with Crippen molar-refractivity contribution in [3.63, 3.8) is 0 Å². The first-order chi connectivity index (χ1) is 14.0. The summed E-state index contributed by atoms with van der Waals surface area (Å²) in [6, 6.07) is 18.6. The number of carbonyl (C=O) groups is 1. The molecule has 3 aromatic rings. The number of anilines is 1. The van der Waals surface area contributed by atoms with Crippen molar-refractivity contribution in [3.05, 3.63) is 60.2 Å². The molecule has 2 aromatic carbocycles. The molecule has 1 heterocycles. The van der Waals surface area contributed by atoms with Crippen LogP contribution in [0.2, 0.25) is 0 Å². The number of nitrogens with zero attached hydrogens (tertiary/aromatic N) is 3. The Balaban J connectivity index is 2.05. The Morgan fingerprint density at radius 2 is 1.76 bits per heavy atom. The molecule has 5 nitrogen and oxygen atoms in total. The molecule has 0 aliphatic rings. The summed E-state index contributed by atoms with van der Waals surface area (Å²) in [6.07, 6.45) is 0.993. The third-order valence-electron chi connectivity index (χ3n) is 5.32. The molecule has 0 saturated heterocycles. The maximum Gasteiger partial charge on any atom is 0.323 e. The van der Waals surface area contributed by atoms with Gasteiger partial charge in [-0.15, -0.1) is 0 Å². The van der Waals surface area contributed by atoms with E-state index in [2.05, 4.69) is 49.1 Å². The number of likely N-dealkylation sites (N-methyl/N-ethyl adjacent to an activating group) is 2. The predicted octanol–water partition coefficient (Wildman–Crippen LogP) is 4.31. The molecule has 0 amide bonds. The van der Waals surface area contributed by atoms with Crippen LogP contribution in [0.25, 0.3) is 22.0 Å². The predicted molar refractivity (Wildman–Crippen MR) is 120 cm³/mol. The highest BCUT2D eigenvalue weighted by molar-refractivity contribution is 5.96. The molecule has 0 radical (unpaired) electrons. The van der Waals surface area contributed by atoms with Crippen molar-refractivity contribution in [1.82, 2.24) is 9.88 Å². The summed E-state index contributed by atoms with van der Waals surface area (Å²) in [5, 5.41) is 10.3. The molecule has 0 aliphatic carbocycles. The van der Waals surface area contributed by atoms with E-state index in [-0.39, 0.29) is 6.54 Å². The third-order valence-corrected chi connectivity index (χ3v) is 5.32. The summed E-state index contributed by atoms with van der Waals surface area (Å²) in [4.78, 5) is 20.0. The molecule has 0 saturated carbocycles. The van der Waals surface area contributed by atoms with Gasteiger partial charge in [-0.1, -0.05) is 50.2 Å². The van der Waals surface area contributed by atoms with Crippen LogP contribution in [0.1, 0.15) is 19.4 Å². The van der Waals surface area contributed by atoms with E-state index in [1.807, 2.05) is 24.3 Å². The molecule has 3 rings (SSSR count). The minimum Gasteiger partial charge on any atom is -0.480 e. The second kappa shape index (κ2) is 9.52. The lowest BCUT2D eigenvalue weighted by atomic mass is 9.98. The normalized spacial score (nSPS) is 11.2. The van der Waals surface area contributed by atoms with E-state index >= 15 is 0 Å². The summed E-state index contributed by atoms with van der Waals surface area (Å²) < 4.78 is 0. The molecule has 5 heteroatoms. The zero-order valence-electron chi connectivity index (χ0n) is 17.4. The summed E-state index contributed by atoms with van der Waals surface area (Å²) >= 11 is 0. The summed E-state index contributed by atoms with van der Waals surface area (Å²) in [5.74, 6) is -0.211. The quantitative estimate of drug-likeness (QED) is 0.589. The molecule has 29 heavy (non-hydrogen) atoms. The number of carboxylic acid groups (broad SMARTS) is 1. The Morgan fingerprint density at radius 3 is 2.41 bits per heavy atom. The van der Waals surface area contributed by atoms with Crippen LogP contribution < -0.4 is 4.90 Å². The molecule has 0 atom stereocenters. The van der Waals surface area contributed by atoms with Crippen LogP contribution >= 0.6 is 0 Å². The Kier molecular flexibility index (Phi) is 6.83. The van der Waals surface area contributed by atoms with E-state index in [9.17, 15) is 4.79 Å². The fourth-order valence-corrected chi connectivity index (χ4v) is 3.58. The van der Waals surface area contributed by atoms with E-state index in [0.29, 0.717) is 5.82 Å². The molecular weight excluding hydrogens is 362 g/mol. The van der Waals surface area contributed by atoms with Gasteiger partial charge in [0.25, 0.3) is 0 Å². The molecule has 0 unspecified atom stereocenters. The monoisotopic (exact) mass is 391 g/mol. The van der Waals surface area contributed by atoms with Gasteiger partial charge in [-0.25, -0.2) is 4.98 Å². The number of hydrogen-bond donors (Lipinski definition) is 1. The number of aromatic nitrogens is 1. The van der Waals surface area contributed by atoms with E-state index in [1.54, 1.807) is 11.9 Å². The summed E-state index contributed by atoms with van der Waals surface area (Å²) in [6.45, 7) is 7.44. The topological polar surface area (TPSA) is 56.7 Å². The van der Waals surface area contributed by atoms with Gasteiger partial charge >= 0.3 is 5.97 Å². The van der Waals surface area contributed by atoms with Crippen molar-refractivity contribution in [1.29, 1.82) is 0 Å². The minimum atomic E-state index is -0.873. The van der Waals surface area contributed by atoms with Crippen molar-refractivity contribution in [2.24, 2.45) is 0 Å². The average molecular weight is 392 g/mol. The fourth-order valence-electron chi connectivity index (χ4n) is 3.58. The number of rotatable bonds is 9. The number of hydrogen-bond acceptors (Lipinski definition) is 4. The van der Waals surface area contributed by atoms with Gasteiger partial charge in [-0.2, -0.15) is 0 Å². The Hall–Kier alpha value is -2.92. The largest absolute Gasteiger partial charge is 0.480 e. The van der Waals surface area contributed by atoms with Gasteiger partial charge in [-0.05, 0) is 54.4 Å². The summed E-state index contributed by atoms with van der Waals surface area (Å²) in [5.41, 5.74) is 4.35. The first-order valence-electron chi connectivity index (χ1n) is 10.2. The highest BCUT2D eigenvalue weighted by Crippen LogP contribution is 2.32. The molecule has 1 aromatic heterocycles. The third kappa shape index (κ3) is 5.12. The van der Waals surface area contributed by atoms with E-state index in [0.717, 1.165) is 48.1 Å². The van der Waals surface area contributed by atoms with Crippen LogP contribution in [0, 0.1) is 0 Å². The van der Waals surface area contributed by atoms with Crippen LogP contribution in [0.3, 0.4) is 0 Å². The Morgan fingerprint density at radius 1 is 1.03 bits per heavy atom. The first-order valence-corrected chi connectivity index (χ1v) is 10.2. The van der Waals surface area contributed by atoms with Gasteiger partial charge in [0.15, 0.2) is 0 Å². The van der Waals surface area contributed by atoms with Crippen molar-refractivity contribution in [2.45, 2.75) is 20.3 Å². The number of fused-ring (bicyclic) bond motifs is 1. The minimum absolute atomic E-state index is 0.0886. The first kappa shape index (κ1) is 20.8. The highest BCUT2D eigenvalue weighted by Gasteiger charge is 2.13. The van der Waals surface area contributed by atoms with Gasteiger partial charge in [0.1, 0.15) is 12.4 Å². The standard InChI is InChI=1S/C24H29N3O2/c1-4-27(5-2)14-13-18-11-12-22-21(15-18)20(19-9-7-6-8-10-19)16-23(25-22)26(3)17-24(28)29/h6-12,15-16H,4-5,13-14,17H2,1-3H3,(H,28,29). The Labute approximate surface area is 172 Å². The van der Waals surface area contributed by atoms with E-state index in [4.69, 9.17) is 10.1 Å². The number of aliphatic carboxylic acids is 1. The molecule has 0 bridgehead atoms. The van der Waals surface area contributed by atoms with Crippen molar-refractivity contribution >= 4 is 22.7 Å². The lowest BCUT2D eigenvalue weighted by molar-refractivity contribution is -0.135. The van der Waals surface area contributed by atoms with Crippen molar-refractivity contribution in [3.8, 4) is 11.1 Å². The molecule has 152 valence electrons. The lowest BCUT2D eigenvalue weighted by Gasteiger charge is -2.20. The van der Waals surface area contributed by atoms with Gasteiger partial charge in [0.2, 0.25) is 0 Å². The van der Waals surface area contributed by atoms with Crippen LogP contribution in [0.4, 0.5) is 5.82 Å². The van der Waals surface area contributed by atoms with Gasteiger partial charge in [0.05, 0.1) is 5.52 Å². The second-order valence-corrected chi connectivity index (χ2v) is 7.27. The van der Waals surface area contributed by atoms with E-state index in [1.165, 1.54) is 5.56 Å². The second-order valence-electron chi connectivity index (χ2n) is 7.27. The SMILES string of the molecule is CCN(CC)CCc1ccc2nc(N(C)CC(=O)O)cc(-c3ccccc3)c2c1. The Bertz CT molecular complexity index is 969. The van der Waals surface area contributed by atoms with Crippen molar-refractivity contribution < 1.29 is 9.90 Å². The maximum absolute atomic E-state index is 11.1. The highest BCUT2D eigenvalue weighted by atomic mass is 16.4. The maximum atomic E-state index is 11.1. The zero-order chi connectivity index (χ0) is 20.8.